The van der Waals surface area contributed by atoms with Crippen molar-refractivity contribution >= 4 is 109 Å². The molecule has 2 heterocycles. The molecule has 0 spiro atoms. The van der Waals surface area contributed by atoms with Crippen LogP contribution in [0.4, 0.5) is 13.6 Å². The standard InChI is InChI=1S/C23H24ClFN4O3.C13H17ClFNO.C10H8N2O3.C10H8O2.C2H3ClO.3CH4/c1-14(2)28(12-20(31)26-11-16-7-6-9-18(24)22(16)25)21(32)13-29-19-10-5-4-8-17(19)23(27-29)15(3)30;1-9(2)6-7-12(17)16-8-10-4-3-5-11(14)13(10)15;1-6(13)9-7-4-2-3-5-8(7)12(11-9)10(14)15;11-10(12)9-6-5-7-3-1-2-4-8(7)9;1-2(3)4;;;/h4-10,14H,11-13H2,1-3H3,(H,26,31);3-5,9H,6-8H2,1-2H3,(H,16,17);2-5H,1H3,(H,14,15);1-4,6H,5H2,(H,11,12);1H3;3*1H4. The lowest BCUT2D eigenvalue weighted by Gasteiger charge is -2.26. The number of carbonyl (C=O) groups excluding carboxylic acids is 6. The van der Waals surface area contributed by atoms with E-state index >= 15 is 0 Å². The molecule has 2 aromatic heterocycles. The molecule has 22 heteroatoms. The zero-order valence-corrected chi connectivity index (χ0v) is 47.1. The van der Waals surface area contributed by atoms with Gasteiger partial charge >= 0.3 is 12.1 Å². The van der Waals surface area contributed by atoms with E-state index in [0.29, 0.717) is 51.0 Å². The van der Waals surface area contributed by atoms with Crippen molar-refractivity contribution in [3.05, 3.63) is 171 Å². The summed E-state index contributed by atoms with van der Waals surface area (Å²) in [6, 6.07) is 30.6. The molecule has 7 aromatic rings. The molecule has 3 amide bonds. The van der Waals surface area contributed by atoms with E-state index in [1.54, 1.807) is 86.7 Å². The summed E-state index contributed by atoms with van der Waals surface area (Å²) in [6.07, 6.45) is 2.62. The van der Waals surface area contributed by atoms with Gasteiger partial charge in [-0.15, -0.1) is 0 Å². The third-order valence-corrected chi connectivity index (χ3v) is 12.2. The van der Waals surface area contributed by atoms with Crippen LogP contribution in [0.1, 0.15) is 127 Å². The third-order valence-electron chi connectivity index (χ3n) is 11.7. The monoisotopic (exact) mass is 1210 g/mol. The van der Waals surface area contributed by atoms with Crippen molar-refractivity contribution in [2.24, 2.45) is 5.92 Å². The van der Waals surface area contributed by atoms with Crippen LogP contribution in [0.5, 0.6) is 0 Å². The summed E-state index contributed by atoms with van der Waals surface area (Å²) in [5.74, 6) is -2.64. The molecule has 0 aliphatic heterocycles. The minimum atomic E-state index is -1.20. The van der Waals surface area contributed by atoms with Gasteiger partial charge in [-0.2, -0.15) is 14.9 Å². The predicted octanol–water partition coefficient (Wildman–Crippen LogP) is 13.3. The molecule has 83 heavy (non-hydrogen) atoms. The van der Waals surface area contributed by atoms with Gasteiger partial charge in [0.15, 0.2) is 11.6 Å². The Kier molecular flexibility index (Phi) is 30.7. The first kappa shape index (κ1) is 72.9. The van der Waals surface area contributed by atoms with E-state index in [-0.39, 0.29) is 104 Å². The number of halogens is 5. The number of Topliss-reactive ketones (excluding diaryl/α,β-unsaturated/α-hetero) is 2. The fraction of sp³-hybridized carbons (Fsp3) is 0.311. The van der Waals surface area contributed by atoms with Crippen molar-refractivity contribution in [2.45, 2.75) is 116 Å². The molecule has 0 saturated carbocycles. The Morgan fingerprint density at radius 2 is 1.12 bits per heavy atom. The Labute approximate surface area is 497 Å². The van der Waals surface area contributed by atoms with Gasteiger partial charge < -0.3 is 25.7 Å². The van der Waals surface area contributed by atoms with Gasteiger partial charge in [0.25, 0.3) is 0 Å². The average molecular weight is 1210 g/mol. The number of aromatic nitrogens is 4. The maximum absolute atomic E-state index is 14.0. The first-order valence-electron chi connectivity index (χ1n) is 24.9. The van der Waals surface area contributed by atoms with E-state index in [0.717, 1.165) is 28.7 Å². The molecule has 8 rings (SSSR count). The van der Waals surface area contributed by atoms with Crippen molar-refractivity contribution < 1.29 is 57.4 Å². The van der Waals surface area contributed by atoms with E-state index in [1.165, 1.54) is 48.6 Å². The molecule has 0 fully saturated rings. The smallest absolute Gasteiger partial charge is 0.432 e. The number of nitrogens with zero attached hydrogens (tertiary/aromatic N) is 5. The first-order valence-corrected chi connectivity index (χ1v) is 26.0. The highest BCUT2D eigenvalue weighted by Crippen LogP contribution is 2.27. The Balaban J connectivity index is 0.000000573. The van der Waals surface area contributed by atoms with Crippen molar-refractivity contribution in [1.82, 2.24) is 35.1 Å². The second-order valence-corrected chi connectivity index (χ2v) is 19.8. The molecule has 4 N–H and O–H groups in total. The average Bonchev–Trinajstić information content (AvgIpc) is 4.23. The fourth-order valence-electron chi connectivity index (χ4n) is 7.72. The predicted molar refractivity (Wildman–Crippen MR) is 323 cm³/mol. The number of allylic oxidation sites excluding steroid dienone is 1. The van der Waals surface area contributed by atoms with Gasteiger partial charge in [-0.25, -0.2) is 18.4 Å². The number of hydrogen-bond donors (Lipinski definition) is 4. The van der Waals surface area contributed by atoms with Crippen molar-refractivity contribution in [1.29, 1.82) is 0 Å². The summed E-state index contributed by atoms with van der Waals surface area (Å²) in [5, 5.41) is 32.0. The molecule has 17 nitrogen and oxygen atoms in total. The minimum Gasteiger partial charge on any atom is -0.478 e. The van der Waals surface area contributed by atoms with Gasteiger partial charge in [0.2, 0.25) is 23.0 Å². The number of carboxylic acids is 1. The molecular formula is C61H72Cl3F2N7O10. The number of rotatable bonds is 15. The van der Waals surface area contributed by atoms with E-state index in [1.807, 2.05) is 24.3 Å². The molecule has 0 atom stereocenters. The van der Waals surface area contributed by atoms with Gasteiger partial charge in [0.05, 0.1) is 33.2 Å². The first-order chi connectivity index (χ1) is 37.8. The van der Waals surface area contributed by atoms with Crippen LogP contribution in [0.2, 0.25) is 10.0 Å². The zero-order chi connectivity index (χ0) is 59.4. The van der Waals surface area contributed by atoms with E-state index in [9.17, 15) is 47.1 Å². The van der Waals surface area contributed by atoms with E-state index < -0.39 is 29.6 Å². The van der Waals surface area contributed by atoms with Crippen LogP contribution in [-0.4, -0.2) is 93.9 Å². The number of carboxylic acid groups (broad SMARTS) is 2. The number of benzene rings is 5. The molecule has 0 radical (unpaired) electrons. The van der Waals surface area contributed by atoms with E-state index in [4.69, 9.17) is 33.4 Å². The van der Waals surface area contributed by atoms with Crippen LogP contribution in [0.3, 0.4) is 0 Å². The molecule has 5 aromatic carbocycles. The van der Waals surface area contributed by atoms with Gasteiger partial charge in [0, 0.05) is 68.2 Å². The highest BCUT2D eigenvalue weighted by Gasteiger charge is 2.24. The van der Waals surface area contributed by atoms with Crippen LogP contribution in [0.15, 0.2) is 115 Å². The Morgan fingerprint density at radius 3 is 1.61 bits per heavy atom. The number of para-hydroxylation sites is 2. The van der Waals surface area contributed by atoms with Gasteiger partial charge in [0.1, 0.15) is 29.6 Å². The SMILES string of the molecule is C.C.C.CC(=O)Cl.CC(=O)c1nn(C(=O)O)c2ccccc12.CC(=O)c1nn(CC(=O)N(CC(=O)NCc2cccc(Cl)c2F)C(C)C)c2ccccc12.CC(C)CCC(=O)NCc1cccc(Cl)c1F.O=C(O)C1=CCc2ccccc21. The fourth-order valence-corrected chi connectivity index (χ4v) is 8.11. The lowest BCUT2D eigenvalue weighted by Crippen LogP contribution is -2.45. The second-order valence-electron chi connectivity index (χ2n) is 18.5. The van der Waals surface area contributed by atoms with Gasteiger partial charge in [-0.3, -0.25) is 33.4 Å². The molecule has 1 aliphatic rings. The maximum Gasteiger partial charge on any atom is 0.432 e. The molecule has 0 unspecified atom stereocenters. The van der Waals surface area contributed by atoms with Crippen LogP contribution in [0, 0.1) is 17.6 Å². The number of aliphatic carboxylic acids is 1. The summed E-state index contributed by atoms with van der Waals surface area (Å²) in [5.41, 5.74) is 4.65. The van der Waals surface area contributed by atoms with Crippen LogP contribution in [0.25, 0.3) is 27.4 Å². The number of carbonyl (C=O) groups is 8. The van der Waals surface area contributed by atoms with Crippen molar-refractivity contribution in [3.8, 4) is 0 Å². The molecule has 0 bridgehead atoms. The number of amides is 3. The normalized spacial score (nSPS) is 10.7. The number of hydrogen-bond acceptors (Lipinski definition) is 10. The quantitative estimate of drug-likeness (QED) is 0.0554. The van der Waals surface area contributed by atoms with Crippen molar-refractivity contribution in [3.63, 3.8) is 0 Å². The lowest BCUT2D eigenvalue weighted by atomic mass is 10.1. The molecular weight excluding hydrogens is 1140 g/mol. The highest BCUT2D eigenvalue weighted by molar-refractivity contribution is 6.62. The molecule has 446 valence electrons. The van der Waals surface area contributed by atoms with Gasteiger partial charge in [-0.05, 0) is 79.6 Å². The summed E-state index contributed by atoms with van der Waals surface area (Å²) in [4.78, 5) is 92.2. The summed E-state index contributed by atoms with van der Waals surface area (Å²) < 4.78 is 29.8. The number of fused-ring (bicyclic) bond motifs is 3. The van der Waals surface area contributed by atoms with Crippen LogP contribution < -0.4 is 10.6 Å². The minimum absolute atomic E-state index is 0. The lowest BCUT2D eigenvalue weighted by molar-refractivity contribution is -0.138. The van der Waals surface area contributed by atoms with Gasteiger partial charge in [-0.1, -0.05) is 150 Å². The Bertz CT molecular complexity index is 3380. The molecule has 1 aliphatic carbocycles. The Hall–Kier alpha value is -8.13. The summed E-state index contributed by atoms with van der Waals surface area (Å²) >= 11 is 16.0. The number of nitrogens with one attached hydrogen (secondary N) is 2. The maximum atomic E-state index is 14.0. The molecule has 0 saturated heterocycles. The third kappa shape index (κ3) is 21.6. The highest BCUT2D eigenvalue weighted by atomic mass is 35.5. The van der Waals surface area contributed by atoms with E-state index in [2.05, 4.69) is 46.3 Å². The summed E-state index contributed by atoms with van der Waals surface area (Å²) in [6.45, 7) is 11.6. The zero-order valence-electron chi connectivity index (χ0n) is 44.9. The van der Waals surface area contributed by atoms with Crippen LogP contribution in [-0.2, 0) is 50.0 Å². The second kappa shape index (κ2) is 35.0. The van der Waals surface area contributed by atoms with Crippen molar-refractivity contribution in [2.75, 3.05) is 6.54 Å². The topological polar surface area (TPSA) is 240 Å². The Morgan fingerprint density at radius 1 is 0.651 bits per heavy atom. The van der Waals surface area contributed by atoms with Crippen LogP contribution >= 0.6 is 34.8 Å². The summed E-state index contributed by atoms with van der Waals surface area (Å²) in [7, 11) is 0. The number of ketones is 2. The largest absolute Gasteiger partial charge is 0.478 e.